The van der Waals surface area contributed by atoms with Crippen molar-refractivity contribution in [1.29, 1.82) is 5.26 Å². The minimum atomic E-state index is -0.969. The largest absolute Gasteiger partial charge is 0.350 e. The van der Waals surface area contributed by atoms with E-state index in [0.29, 0.717) is 6.54 Å². The number of amides is 1. The van der Waals surface area contributed by atoms with Crippen LogP contribution in [-0.4, -0.2) is 5.91 Å². The summed E-state index contributed by atoms with van der Waals surface area (Å²) in [6, 6.07) is 3.90. The highest BCUT2D eigenvalue weighted by Gasteiger charge is 2.26. The Balaban J connectivity index is 2.56. The SMILES string of the molecule is CC(C)(C#N)C(=O)NCc1sccc1Br. The highest BCUT2D eigenvalue weighted by atomic mass is 79.9. The number of thiophene rings is 1. The summed E-state index contributed by atoms with van der Waals surface area (Å²) in [5.41, 5.74) is -0.969. The minimum Gasteiger partial charge on any atom is -0.350 e. The Morgan fingerprint density at radius 2 is 2.40 bits per heavy atom. The fraction of sp³-hybridized carbons (Fsp3) is 0.400. The maximum atomic E-state index is 11.6. The predicted octanol–water partition coefficient (Wildman–Crippen LogP) is 2.68. The van der Waals surface area contributed by atoms with E-state index in [4.69, 9.17) is 5.26 Å². The van der Waals surface area contributed by atoms with Crippen molar-refractivity contribution >= 4 is 33.2 Å². The lowest BCUT2D eigenvalue weighted by Crippen LogP contribution is -2.35. The van der Waals surface area contributed by atoms with E-state index >= 15 is 0 Å². The number of hydrogen-bond donors (Lipinski definition) is 1. The van der Waals surface area contributed by atoms with E-state index in [-0.39, 0.29) is 5.91 Å². The second-order valence-electron chi connectivity index (χ2n) is 3.61. The lowest BCUT2D eigenvalue weighted by Gasteiger charge is -2.14. The van der Waals surface area contributed by atoms with Gasteiger partial charge in [0.05, 0.1) is 12.6 Å². The van der Waals surface area contributed by atoms with Crippen LogP contribution < -0.4 is 5.32 Å². The van der Waals surface area contributed by atoms with Crippen LogP contribution in [0.3, 0.4) is 0 Å². The van der Waals surface area contributed by atoms with Crippen molar-refractivity contribution in [2.45, 2.75) is 20.4 Å². The van der Waals surface area contributed by atoms with E-state index < -0.39 is 5.41 Å². The van der Waals surface area contributed by atoms with Gasteiger partial charge in [0, 0.05) is 9.35 Å². The Morgan fingerprint density at radius 3 is 2.87 bits per heavy atom. The van der Waals surface area contributed by atoms with Crippen molar-refractivity contribution in [3.8, 4) is 6.07 Å². The van der Waals surface area contributed by atoms with Crippen LogP contribution in [0.5, 0.6) is 0 Å². The second-order valence-corrected chi connectivity index (χ2v) is 5.47. The smallest absolute Gasteiger partial charge is 0.240 e. The number of nitrogens with one attached hydrogen (secondary N) is 1. The second kappa shape index (κ2) is 4.77. The Kier molecular flexibility index (Phi) is 3.89. The first-order valence-electron chi connectivity index (χ1n) is 4.39. The minimum absolute atomic E-state index is 0.245. The van der Waals surface area contributed by atoms with Gasteiger partial charge in [-0.05, 0) is 41.2 Å². The maximum Gasteiger partial charge on any atom is 0.240 e. The maximum absolute atomic E-state index is 11.6. The first-order valence-corrected chi connectivity index (χ1v) is 6.06. The van der Waals surface area contributed by atoms with Crippen molar-refractivity contribution < 1.29 is 4.79 Å². The van der Waals surface area contributed by atoms with Gasteiger partial charge < -0.3 is 5.32 Å². The van der Waals surface area contributed by atoms with E-state index in [0.717, 1.165) is 9.35 Å². The quantitative estimate of drug-likeness (QED) is 0.929. The molecule has 1 aromatic heterocycles. The van der Waals surface area contributed by atoms with Crippen LogP contribution in [0.4, 0.5) is 0 Å². The Labute approximate surface area is 101 Å². The first kappa shape index (κ1) is 12.2. The Morgan fingerprint density at radius 1 is 1.73 bits per heavy atom. The molecule has 0 aliphatic rings. The van der Waals surface area contributed by atoms with Gasteiger partial charge in [0.2, 0.25) is 5.91 Å². The fourth-order valence-corrected chi connectivity index (χ4v) is 2.32. The van der Waals surface area contributed by atoms with E-state index in [9.17, 15) is 4.79 Å². The zero-order chi connectivity index (χ0) is 11.5. The number of nitriles is 1. The third kappa shape index (κ3) is 3.05. The summed E-state index contributed by atoms with van der Waals surface area (Å²) in [6.07, 6.45) is 0. The molecule has 80 valence electrons. The summed E-state index contributed by atoms with van der Waals surface area (Å²) >= 11 is 4.94. The molecule has 1 rings (SSSR count). The molecule has 0 aliphatic carbocycles. The highest BCUT2D eigenvalue weighted by Crippen LogP contribution is 2.22. The summed E-state index contributed by atoms with van der Waals surface area (Å²) in [6.45, 7) is 3.67. The van der Waals surface area contributed by atoms with Gasteiger partial charge in [-0.2, -0.15) is 5.26 Å². The summed E-state index contributed by atoms with van der Waals surface area (Å²) in [5, 5.41) is 13.4. The van der Waals surface area contributed by atoms with Gasteiger partial charge in [-0.1, -0.05) is 0 Å². The molecule has 0 saturated heterocycles. The number of carbonyl (C=O) groups excluding carboxylic acids is 1. The van der Waals surface area contributed by atoms with Gasteiger partial charge in [-0.3, -0.25) is 4.79 Å². The molecular formula is C10H11BrN2OS. The molecule has 0 spiro atoms. The lowest BCUT2D eigenvalue weighted by molar-refractivity contribution is -0.126. The van der Waals surface area contributed by atoms with Gasteiger partial charge in [0.25, 0.3) is 0 Å². The Bertz CT molecular complexity index is 406. The molecule has 0 atom stereocenters. The average Bonchev–Trinajstić information content (AvgIpc) is 2.60. The number of hydrogen-bond acceptors (Lipinski definition) is 3. The molecule has 0 aliphatic heterocycles. The van der Waals surface area contributed by atoms with E-state index in [2.05, 4.69) is 21.2 Å². The van der Waals surface area contributed by atoms with Crippen LogP contribution in [0.25, 0.3) is 0 Å². The molecule has 0 unspecified atom stereocenters. The van der Waals surface area contributed by atoms with Crippen LogP contribution in [0.1, 0.15) is 18.7 Å². The summed E-state index contributed by atoms with van der Waals surface area (Å²) in [5.74, 6) is -0.245. The molecule has 1 aromatic rings. The topological polar surface area (TPSA) is 52.9 Å². The molecule has 0 radical (unpaired) electrons. The van der Waals surface area contributed by atoms with Gasteiger partial charge in [0.1, 0.15) is 5.41 Å². The van der Waals surface area contributed by atoms with Gasteiger partial charge in [-0.25, -0.2) is 0 Å². The van der Waals surface area contributed by atoms with E-state index in [1.54, 1.807) is 25.2 Å². The molecule has 1 N–H and O–H groups in total. The summed E-state index contributed by atoms with van der Waals surface area (Å²) in [4.78, 5) is 12.6. The molecule has 0 bridgehead atoms. The molecule has 3 nitrogen and oxygen atoms in total. The molecule has 1 heterocycles. The fourth-order valence-electron chi connectivity index (χ4n) is 0.884. The van der Waals surface area contributed by atoms with Crippen molar-refractivity contribution in [1.82, 2.24) is 5.32 Å². The monoisotopic (exact) mass is 286 g/mol. The normalized spacial score (nSPS) is 10.8. The van der Waals surface area contributed by atoms with Crippen molar-refractivity contribution in [2.24, 2.45) is 5.41 Å². The zero-order valence-corrected chi connectivity index (χ0v) is 10.9. The number of rotatable bonds is 3. The highest BCUT2D eigenvalue weighted by molar-refractivity contribution is 9.10. The standard InChI is InChI=1S/C10H11BrN2OS/c1-10(2,6-12)9(14)13-5-8-7(11)3-4-15-8/h3-4H,5H2,1-2H3,(H,13,14). The van der Waals surface area contributed by atoms with Crippen molar-refractivity contribution in [3.63, 3.8) is 0 Å². The molecule has 0 aromatic carbocycles. The van der Waals surface area contributed by atoms with Gasteiger partial charge in [-0.15, -0.1) is 11.3 Å². The number of nitrogens with zero attached hydrogens (tertiary/aromatic N) is 1. The number of halogens is 1. The van der Waals surface area contributed by atoms with Crippen LogP contribution in [0.15, 0.2) is 15.9 Å². The van der Waals surface area contributed by atoms with Crippen LogP contribution in [-0.2, 0) is 11.3 Å². The molecule has 0 fully saturated rings. The molecule has 5 heteroatoms. The van der Waals surface area contributed by atoms with Crippen LogP contribution >= 0.6 is 27.3 Å². The van der Waals surface area contributed by atoms with Crippen molar-refractivity contribution in [2.75, 3.05) is 0 Å². The van der Waals surface area contributed by atoms with Crippen LogP contribution in [0.2, 0.25) is 0 Å². The van der Waals surface area contributed by atoms with Crippen LogP contribution in [0, 0.1) is 16.7 Å². The average molecular weight is 287 g/mol. The lowest BCUT2D eigenvalue weighted by atomic mass is 9.95. The molecule has 1 amide bonds. The summed E-state index contributed by atoms with van der Waals surface area (Å²) in [7, 11) is 0. The van der Waals surface area contributed by atoms with Gasteiger partial charge in [0.15, 0.2) is 0 Å². The predicted molar refractivity (Wildman–Crippen MR) is 63.3 cm³/mol. The third-order valence-electron chi connectivity index (χ3n) is 1.95. The van der Waals surface area contributed by atoms with E-state index in [1.165, 1.54) is 0 Å². The third-order valence-corrected chi connectivity index (χ3v) is 3.87. The molecular weight excluding hydrogens is 276 g/mol. The van der Waals surface area contributed by atoms with Crippen molar-refractivity contribution in [3.05, 3.63) is 20.8 Å². The molecule has 0 saturated carbocycles. The zero-order valence-electron chi connectivity index (χ0n) is 8.50. The Hall–Kier alpha value is -0.860. The van der Waals surface area contributed by atoms with Gasteiger partial charge >= 0.3 is 0 Å². The molecule has 15 heavy (non-hydrogen) atoms. The summed E-state index contributed by atoms with van der Waals surface area (Å²) < 4.78 is 0.988. The first-order chi connectivity index (χ1) is 6.97. The number of carbonyl (C=O) groups is 1. The van der Waals surface area contributed by atoms with E-state index in [1.807, 2.05) is 17.5 Å².